The summed E-state index contributed by atoms with van der Waals surface area (Å²) in [7, 11) is -3.31. The van der Waals surface area contributed by atoms with Crippen molar-refractivity contribution in [3.05, 3.63) is 24.0 Å². The van der Waals surface area contributed by atoms with Crippen molar-refractivity contribution in [1.29, 1.82) is 0 Å². The molecule has 0 saturated carbocycles. The zero-order chi connectivity index (χ0) is 14.6. The fraction of sp³-hybridized carbons (Fsp3) is 0.571. The van der Waals surface area contributed by atoms with Gasteiger partial charge in [-0.25, -0.2) is 12.8 Å². The molecule has 0 spiro atoms. The van der Waals surface area contributed by atoms with Gasteiger partial charge >= 0.3 is 0 Å². The minimum absolute atomic E-state index is 0.103. The number of hydrogen-bond donors (Lipinski definition) is 1. The molecule has 1 unspecified atom stereocenters. The molecule has 0 saturated heterocycles. The zero-order valence-corrected chi connectivity index (χ0v) is 12.7. The predicted octanol–water partition coefficient (Wildman–Crippen LogP) is 3.47. The lowest BCUT2D eigenvalue weighted by Crippen LogP contribution is -2.17. The molecule has 0 amide bonds. The van der Waals surface area contributed by atoms with Gasteiger partial charge in [-0.05, 0) is 43.9 Å². The Morgan fingerprint density at radius 3 is 2.37 bits per heavy atom. The third-order valence-electron chi connectivity index (χ3n) is 2.94. The normalized spacial score (nSPS) is 13.6. The summed E-state index contributed by atoms with van der Waals surface area (Å²) < 4.78 is 36.6. The molecule has 0 fully saturated rings. The molecular weight excluding hydrogens is 265 g/mol. The van der Waals surface area contributed by atoms with Crippen LogP contribution in [0.1, 0.15) is 33.6 Å². The fourth-order valence-corrected chi connectivity index (χ4v) is 2.41. The second-order valence-electron chi connectivity index (χ2n) is 5.43. The van der Waals surface area contributed by atoms with E-state index >= 15 is 0 Å². The standard InChI is InChI=1S/C14H22FNO2S/c1-10(2)5-6-11(3)16-14-9-12(19(4,17)18)7-8-13(14)15/h7-11,16H,5-6H2,1-4H3. The molecule has 0 aromatic heterocycles. The monoisotopic (exact) mass is 287 g/mol. The molecule has 5 heteroatoms. The van der Waals surface area contributed by atoms with Crippen LogP contribution in [0.25, 0.3) is 0 Å². The van der Waals surface area contributed by atoms with Crippen LogP contribution < -0.4 is 5.32 Å². The van der Waals surface area contributed by atoms with E-state index in [1.165, 1.54) is 18.2 Å². The van der Waals surface area contributed by atoms with Gasteiger partial charge in [0.05, 0.1) is 10.6 Å². The van der Waals surface area contributed by atoms with E-state index in [0.717, 1.165) is 19.1 Å². The van der Waals surface area contributed by atoms with Gasteiger partial charge in [0, 0.05) is 12.3 Å². The van der Waals surface area contributed by atoms with E-state index < -0.39 is 15.7 Å². The van der Waals surface area contributed by atoms with Crippen LogP contribution in [-0.2, 0) is 9.84 Å². The summed E-state index contributed by atoms with van der Waals surface area (Å²) in [6.07, 6.45) is 3.08. The van der Waals surface area contributed by atoms with E-state index in [-0.39, 0.29) is 16.6 Å². The van der Waals surface area contributed by atoms with Crippen molar-refractivity contribution in [2.24, 2.45) is 5.92 Å². The van der Waals surface area contributed by atoms with Crippen LogP contribution in [0.15, 0.2) is 23.1 Å². The van der Waals surface area contributed by atoms with Gasteiger partial charge in [-0.3, -0.25) is 0 Å². The summed E-state index contributed by atoms with van der Waals surface area (Å²) in [5, 5.41) is 3.04. The maximum atomic E-state index is 13.7. The van der Waals surface area contributed by atoms with Crippen LogP contribution in [0, 0.1) is 11.7 Å². The Morgan fingerprint density at radius 2 is 1.84 bits per heavy atom. The number of halogens is 1. The van der Waals surface area contributed by atoms with Crippen molar-refractivity contribution in [2.45, 2.75) is 44.6 Å². The Hall–Kier alpha value is -1.10. The number of hydrogen-bond acceptors (Lipinski definition) is 3. The van der Waals surface area contributed by atoms with Crippen LogP contribution in [0.3, 0.4) is 0 Å². The molecule has 3 nitrogen and oxygen atoms in total. The quantitative estimate of drug-likeness (QED) is 0.815. The number of sulfone groups is 1. The van der Waals surface area contributed by atoms with Crippen molar-refractivity contribution in [3.8, 4) is 0 Å². The molecule has 19 heavy (non-hydrogen) atoms. The van der Waals surface area contributed by atoms with E-state index in [9.17, 15) is 12.8 Å². The highest BCUT2D eigenvalue weighted by atomic mass is 32.2. The van der Waals surface area contributed by atoms with Crippen molar-refractivity contribution >= 4 is 15.5 Å². The van der Waals surface area contributed by atoms with Crippen LogP contribution >= 0.6 is 0 Å². The Labute approximate surface area is 115 Å². The molecule has 0 aliphatic rings. The van der Waals surface area contributed by atoms with Gasteiger partial charge in [0.1, 0.15) is 5.82 Å². The largest absolute Gasteiger partial charge is 0.380 e. The Morgan fingerprint density at radius 1 is 1.21 bits per heavy atom. The summed E-state index contributed by atoms with van der Waals surface area (Å²) in [5.41, 5.74) is 0.249. The van der Waals surface area contributed by atoms with Gasteiger partial charge in [0.25, 0.3) is 0 Å². The van der Waals surface area contributed by atoms with E-state index in [1.807, 2.05) is 6.92 Å². The molecule has 1 aromatic rings. The zero-order valence-electron chi connectivity index (χ0n) is 11.9. The number of nitrogens with one attached hydrogen (secondary N) is 1. The first kappa shape index (κ1) is 16.0. The van der Waals surface area contributed by atoms with Crippen LogP contribution in [-0.4, -0.2) is 20.7 Å². The lowest BCUT2D eigenvalue weighted by atomic mass is 10.0. The molecule has 0 radical (unpaired) electrons. The van der Waals surface area contributed by atoms with Gasteiger partial charge in [-0.2, -0.15) is 0 Å². The second kappa shape index (κ2) is 6.37. The first-order valence-electron chi connectivity index (χ1n) is 6.46. The van der Waals surface area contributed by atoms with Crippen molar-refractivity contribution in [3.63, 3.8) is 0 Å². The predicted molar refractivity (Wildman–Crippen MR) is 76.7 cm³/mol. The van der Waals surface area contributed by atoms with E-state index in [0.29, 0.717) is 5.92 Å². The fourth-order valence-electron chi connectivity index (χ4n) is 1.77. The smallest absolute Gasteiger partial charge is 0.175 e. The van der Waals surface area contributed by atoms with Crippen LogP contribution in [0.2, 0.25) is 0 Å². The van der Waals surface area contributed by atoms with Crippen LogP contribution in [0.5, 0.6) is 0 Å². The molecule has 0 aliphatic carbocycles. The Kier molecular flexibility index (Phi) is 5.35. The molecule has 0 aliphatic heterocycles. The summed E-state index contributed by atoms with van der Waals surface area (Å²) in [6.45, 7) is 6.24. The van der Waals surface area contributed by atoms with Gasteiger partial charge in [-0.15, -0.1) is 0 Å². The minimum Gasteiger partial charge on any atom is -0.380 e. The molecule has 0 heterocycles. The third kappa shape index (κ3) is 5.19. The summed E-state index contributed by atoms with van der Waals surface area (Å²) >= 11 is 0. The van der Waals surface area contributed by atoms with Crippen molar-refractivity contribution in [2.75, 3.05) is 11.6 Å². The van der Waals surface area contributed by atoms with E-state index in [1.54, 1.807) is 0 Å². The average molecular weight is 287 g/mol. The molecule has 1 atom stereocenters. The maximum absolute atomic E-state index is 13.7. The molecular formula is C14H22FNO2S. The van der Waals surface area contributed by atoms with Gasteiger partial charge in [0.2, 0.25) is 0 Å². The topological polar surface area (TPSA) is 46.2 Å². The van der Waals surface area contributed by atoms with E-state index in [2.05, 4.69) is 19.2 Å². The van der Waals surface area contributed by atoms with E-state index in [4.69, 9.17) is 0 Å². The highest BCUT2D eigenvalue weighted by molar-refractivity contribution is 7.90. The first-order valence-corrected chi connectivity index (χ1v) is 8.35. The maximum Gasteiger partial charge on any atom is 0.175 e. The van der Waals surface area contributed by atoms with Crippen molar-refractivity contribution < 1.29 is 12.8 Å². The van der Waals surface area contributed by atoms with Gasteiger partial charge in [-0.1, -0.05) is 13.8 Å². The molecule has 1 N–H and O–H groups in total. The summed E-state index contributed by atoms with van der Waals surface area (Å²) in [4.78, 5) is 0.132. The first-order chi connectivity index (χ1) is 8.70. The van der Waals surface area contributed by atoms with Gasteiger partial charge < -0.3 is 5.32 Å². The second-order valence-corrected chi connectivity index (χ2v) is 7.45. The highest BCUT2D eigenvalue weighted by Gasteiger charge is 2.12. The Balaban J connectivity index is 2.83. The number of anilines is 1. The molecule has 1 rings (SSSR count). The molecule has 0 bridgehead atoms. The number of benzene rings is 1. The molecule has 1 aromatic carbocycles. The summed E-state index contributed by atoms with van der Waals surface area (Å²) in [5.74, 6) is 0.167. The molecule has 108 valence electrons. The minimum atomic E-state index is -3.31. The summed E-state index contributed by atoms with van der Waals surface area (Å²) in [6, 6.07) is 3.94. The SMILES string of the molecule is CC(C)CCC(C)Nc1cc(S(C)(=O)=O)ccc1F. The number of rotatable bonds is 6. The van der Waals surface area contributed by atoms with Crippen LogP contribution in [0.4, 0.5) is 10.1 Å². The highest BCUT2D eigenvalue weighted by Crippen LogP contribution is 2.21. The third-order valence-corrected chi connectivity index (χ3v) is 4.06. The lowest BCUT2D eigenvalue weighted by molar-refractivity contribution is 0.525. The van der Waals surface area contributed by atoms with Crippen molar-refractivity contribution in [1.82, 2.24) is 0 Å². The average Bonchev–Trinajstić information content (AvgIpc) is 2.28. The Bertz CT molecular complexity index is 526. The van der Waals surface area contributed by atoms with Gasteiger partial charge in [0.15, 0.2) is 9.84 Å². The lowest BCUT2D eigenvalue weighted by Gasteiger charge is -2.17.